The van der Waals surface area contributed by atoms with E-state index < -0.39 is 0 Å². The van der Waals surface area contributed by atoms with E-state index in [1.165, 1.54) is 11.1 Å². The lowest BCUT2D eigenvalue weighted by molar-refractivity contribution is 0.411. The average Bonchev–Trinajstić information content (AvgIpc) is 2.99. The molecule has 1 heterocycles. The Morgan fingerprint density at radius 2 is 2.10 bits per heavy atom. The third-order valence-electron chi connectivity index (χ3n) is 2.84. The summed E-state index contributed by atoms with van der Waals surface area (Å²) in [7, 11) is 1.71. The fraction of sp³-hybridized carbons (Fsp3) is 0.429. The van der Waals surface area contributed by atoms with Crippen molar-refractivity contribution in [1.29, 1.82) is 0 Å². The highest BCUT2D eigenvalue weighted by Crippen LogP contribution is 2.32. The van der Waals surface area contributed by atoms with Crippen molar-refractivity contribution in [3.8, 4) is 5.75 Å². The highest BCUT2D eigenvalue weighted by atomic mass is 32.2. The molecule has 1 N–H and O–H groups in total. The maximum Gasteiger partial charge on any atom is 0.175 e. The largest absolute Gasteiger partial charge is 0.496 e. The van der Waals surface area contributed by atoms with Crippen LogP contribution in [0.1, 0.15) is 18.1 Å². The van der Waals surface area contributed by atoms with Crippen LogP contribution < -0.4 is 10.1 Å². The van der Waals surface area contributed by atoms with Crippen LogP contribution >= 0.6 is 34.9 Å². The molecule has 0 amide bonds. The first-order chi connectivity index (χ1) is 10.3. The van der Waals surface area contributed by atoms with Crippen LogP contribution in [-0.4, -0.2) is 30.1 Å². The van der Waals surface area contributed by atoms with Gasteiger partial charge in [0.15, 0.2) is 8.68 Å². The molecular formula is C14H19N3OS3. The molecule has 0 unspecified atom stereocenters. The molecule has 0 saturated carbocycles. The summed E-state index contributed by atoms with van der Waals surface area (Å²) in [5.74, 6) is 1.77. The second-order valence-corrected chi connectivity index (χ2v) is 7.51. The van der Waals surface area contributed by atoms with E-state index in [-0.39, 0.29) is 0 Å². The molecule has 0 saturated heterocycles. The van der Waals surface area contributed by atoms with Gasteiger partial charge in [-0.1, -0.05) is 47.9 Å². The van der Waals surface area contributed by atoms with Crippen LogP contribution in [0.25, 0.3) is 0 Å². The van der Waals surface area contributed by atoms with E-state index in [0.717, 1.165) is 33.3 Å². The van der Waals surface area contributed by atoms with Crippen LogP contribution in [0.15, 0.2) is 26.9 Å². The van der Waals surface area contributed by atoms with Gasteiger partial charge in [0.1, 0.15) is 5.75 Å². The van der Waals surface area contributed by atoms with Crippen molar-refractivity contribution in [3.05, 3.63) is 29.3 Å². The summed E-state index contributed by atoms with van der Waals surface area (Å²) < 4.78 is 7.45. The van der Waals surface area contributed by atoms with Crippen LogP contribution in [0.2, 0.25) is 0 Å². The second kappa shape index (κ2) is 8.63. The Morgan fingerprint density at radius 3 is 2.76 bits per heavy atom. The van der Waals surface area contributed by atoms with E-state index in [1.54, 1.807) is 42.0 Å². The fourth-order valence-corrected chi connectivity index (χ4v) is 4.22. The molecule has 2 aromatic rings. The lowest BCUT2D eigenvalue weighted by Gasteiger charge is -2.10. The summed E-state index contributed by atoms with van der Waals surface area (Å²) in [4.78, 5) is 0. The topological polar surface area (TPSA) is 47.0 Å². The Labute approximate surface area is 138 Å². The molecule has 4 nitrogen and oxygen atoms in total. The zero-order valence-corrected chi connectivity index (χ0v) is 14.8. The van der Waals surface area contributed by atoms with Crippen molar-refractivity contribution in [2.24, 2.45) is 0 Å². The van der Waals surface area contributed by atoms with Gasteiger partial charge in [0.25, 0.3) is 0 Å². The maximum atomic E-state index is 5.45. The number of hydrogen-bond donors (Lipinski definition) is 1. The molecule has 0 aliphatic carbocycles. The van der Waals surface area contributed by atoms with Crippen LogP contribution in [0.3, 0.4) is 0 Å². The number of methoxy groups -OCH3 is 1. The monoisotopic (exact) mass is 341 g/mol. The first kappa shape index (κ1) is 16.6. The molecule has 0 aliphatic rings. The number of benzene rings is 1. The molecule has 114 valence electrons. The van der Waals surface area contributed by atoms with Gasteiger partial charge >= 0.3 is 0 Å². The van der Waals surface area contributed by atoms with Gasteiger partial charge in [-0.3, -0.25) is 0 Å². The van der Waals surface area contributed by atoms with E-state index in [2.05, 4.69) is 34.6 Å². The van der Waals surface area contributed by atoms with Gasteiger partial charge in [0.05, 0.1) is 7.11 Å². The molecule has 1 aromatic carbocycles. The number of nitrogens with zero attached hydrogens (tertiary/aromatic N) is 2. The Hall–Kier alpha value is -0.760. The fourth-order valence-electron chi connectivity index (χ4n) is 1.80. The maximum absolute atomic E-state index is 5.45. The predicted molar refractivity (Wildman–Crippen MR) is 91.6 cm³/mol. The highest BCUT2D eigenvalue weighted by Gasteiger charge is 2.08. The number of thioether (sulfide) groups is 2. The summed E-state index contributed by atoms with van der Waals surface area (Å²) >= 11 is 4.97. The highest BCUT2D eigenvalue weighted by molar-refractivity contribution is 8.02. The van der Waals surface area contributed by atoms with E-state index in [0.29, 0.717) is 0 Å². The Bertz CT molecular complexity index is 574. The van der Waals surface area contributed by atoms with E-state index in [9.17, 15) is 0 Å². The standard InChI is InChI=1S/C14H19N3OS3/c1-4-15-8-10-5-6-12(18-2)11(7-10)9-20-14-17-16-13(19-3)21-14/h5-7,15H,4,8-9H2,1-3H3. The smallest absolute Gasteiger partial charge is 0.175 e. The number of ether oxygens (including phenoxy) is 1. The van der Waals surface area contributed by atoms with Crippen LogP contribution in [-0.2, 0) is 12.3 Å². The SMILES string of the molecule is CCNCc1ccc(OC)c(CSc2nnc(SC)s2)c1. The van der Waals surface area contributed by atoms with Gasteiger partial charge < -0.3 is 10.1 Å². The summed E-state index contributed by atoms with van der Waals surface area (Å²) in [5.41, 5.74) is 2.47. The third-order valence-corrected chi connectivity index (χ3v) is 5.92. The zero-order chi connectivity index (χ0) is 15.1. The van der Waals surface area contributed by atoms with Crippen molar-refractivity contribution < 1.29 is 4.74 Å². The van der Waals surface area contributed by atoms with Gasteiger partial charge in [0.2, 0.25) is 0 Å². The molecule has 0 aliphatic heterocycles. The number of aromatic nitrogens is 2. The number of hydrogen-bond acceptors (Lipinski definition) is 7. The molecule has 7 heteroatoms. The quantitative estimate of drug-likeness (QED) is 0.739. The van der Waals surface area contributed by atoms with E-state index >= 15 is 0 Å². The van der Waals surface area contributed by atoms with Crippen molar-refractivity contribution in [1.82, 2.24) is 15.5 Å². The van der Waals surface area contributed by atoms with Crippen molar-refractivity contribution >= 4 is 34.9 Å². The Balaban J connectivity index is 2.05. The molecule has 2 rings (SSSR count). The minimum atomic E-state index is 0.839. The summed E-state index contributed by atoms with van der Waals surface area (Å²) in [6.07, 6.45) is 2.02. The second-order valence-electron chi connectivity index (χ2n) is 4.25. The van der Waals surface area contributed by atoms with Crippen molar-refractivity contribution in [2.45, 2.75) is 27.9 Å². The first-order valence-corrected chi connectivity index (χ1v) is 9.66. The van der Waals surface area contributed by atoms with Crippen molar-refractivity contribution in [2.75, 3.05) is 19.9 Å². The Kier molecular flexibility index (Phi) is 6.82. The number of rotatable bonds is 8. The van der Waals surface area contributed by atoms with Gasteiger partial charge in [-0.05, 0) is 30.5 Å². The normalized spacial score (nSPS) is 10.8. The van der Waals surface area contributed by atoms with Gasteiger partial charge in [-0.2, -0.15) is 0 Å². The molecule has 0 fully saturated rings. The van der Waals surface area contributed by atoms with Crippen LogP contribution in [0.5, 0.6) is 5.75 Å². The van der Waals surface area contributed by atoms with Gasteiger partial charge in [0, 0.05) is 17.9 Å². The molecular weight excluding hydrogens is 322 g/mol. The Morgan fingerprint density at radius 1 is 1.29 bits per heavy atom. The summed E-state index contributed by atoms with van der Waals surface area (Å²) in [6.45, 7) is 3.96. The molecule has 0 bridgehead atoms. The van der Waals surface area contributed by atoms with E-state index in [1.807, 2.05) is 12.3 Å². The van der Waals surface area contributed by atoms with Crippen molar-refractivity contribution in [3.63, 3.8) is 0 Å². The lowest BCUT2D eigenvalue weighted by atomic mass is 10.1. The molecule has 0 atom stereocenters. The van der Waals surface area contributed by atoms with Gasteiger partial charge in [-0.25, -0.2) is 0 Å². The molecule has 0 radical (unpaired) electrons. The average molecular weight is 342 g/mol. The minimum absolute atomic E-state index is 0.839. The summed E-state index contributed by atoms with van der Waals surface area (Å²) in [5, 5.41) is 11.6. The number of nitrogens with one attached hydrogen (secondary N) is 1. The van der Waals surface area contributed by atoms with Crippen LogP contribution in [0.4, 0.5) is 0 Å². The molecule has 1 aromatic heterocycles. The van der Waals surface area contributed by atoms with E-state index in [4.69, 9.17) is 4.74 Å². The van der Waals surface area contributed by atoms with Gasteiger partial charge in [-0.15, -0.1) is 10.2 Å². The zero-order valence-electron chi connectivity index (χ0n) is 12.4. The molecule has 0 spiro atoms. The predicted octanol–water partition coefficient (Wildman–Crippen LogP) is 3.67. The lowest BCUT2D eigenvalue weighted by Crippen LogP contribution is -2.11. The minimum Gasteiger partial charge on any atom is -0.496 e. The third kappa shape index (κ3) is 4.88. The first-order valence-electron chi connectivity index (χ1n) is 6.63. The summed E-state index contributed by atoms with van der Waals surface area (Å²) in [6, 6.07) is 6.34. The van der Waals surface area contributed by atoms with Crippen LogP contribution in [0, 0.1) is 0 Å². The molecule has 21 heavy (non-hydrogen) atoms.